The molecule has 2 aromatic carbocycles. The largest absolute Gasteiger partial charge is 0.493 e. The average molecular weight is 314 g/mol. The molecule has 0 bridgehead atoms. The second-order valence-electron chi connectivity index (χ2n) is 5.03. The quantitative estimate of drug-likeness (QED) is 0.848. The van der Waals surface area contributed by atoms with E-state index >= 15 is 0 Å². The molecule has 0 aliphatic heterocycles. The number of carbonyl (C=O) groups is 1. The van der Waals surface area contributed by atoms with Gasteiger partial charge in [0, 0.05) is 11.8 Å². The molecule has 23 heavy (non-hydrogen) atoms. The van der Waals surface area contributed by atoms with Crippen LogP contribution in [0.5, 0.6) is 11.5 Å². The third-order valence-corrected chi connectivity index (χ3v) is 3.37. The molecule has 0 radical (unpaired) electrons. The van der Waals surface area contributed by atoms with E-state index in [9.17, 15) is 4.79 Å². The van der Waals surface area contributed by atoms with Gasteiger partial charge in [-0.25, -0.2) is 4.79 Å². The summed E-state index contributed by atoms with van der Waals surface area (Å²) in [6.07, 6.45) is 0. The molecule has 0 heterocycles. The summed E-state index contributed by atoms with van der Waals surface area (Å²) in [5.41, 5.74) is 1.69. The smallest absolute Gasteiger partial charge is 0.319 e. The maximum absolute atomic E-state index is 12.1. The highest BCUT2D eigenvalue weighted by Crippen LogP contribution is 2.30. The summed E-state index contributed by atoms with van der Waals surface area (Å²) in [4.78, 5) is 12.1. The molecular weight excluding hydrogens is 292 g/mol. The predicted octanol–water partition coefficient (Wildman–Crippen LogP) is 3.98. The van der Waals surface area contributed by atoms with Crippen molar-refractivity contribution in [2.24, 2.45) is 0 Å². The van der Waals surface area contributed by atoms with E-state index < -0.39 is 0 Å². The van der Waals surface area contributed by atoms with Gasteiger partial charge in [0.25, 0.3) is 0 Å². The first-order chi connectivity index (χ1) is 11.1. The van der Waals surface area contributed by atoms with Crippen molar-refractivity contribution < 1.29 is 14.3 Å². The van der Waals surface area contributed by atoms with Crippen molar-refractivity contribution in [3.05, 3.63) is 54.1 Å². The van der Waals surface area contributed by atoms with Gasteiger partial charge in [-0.05, 0) is 31.5 Å². The molecule has 0 unspecified atom stereocenters. The number of benzene rings is 2. The van der Waals surface area contributed by atoms with E-state index in [1.54, 1.807) is 25.3 Å². The van der Waals surface area contributed by atoms with E-state index in [4.69, 9.17) is 9.47 Å². The molecule has 122 valence electrons. The molecule has 5 heteroatoms. The maximum Gasteiger partial charge on any atom is 0.319 e. The predicted molar refractivity (Wildman–Crippen MR) is 91.2 cm³/mol. The van der Waals surface area contributed by atoms with Crippen molar-refractivity contribution in [1.82, 2.24) is 5.32 Å². The Morgan fingerprint density at radius 2 is 1.87 bits per heavy atom. The van der Waals surface area contributed by atoms with Crippen molar-refractivity contribution in [3.63, 3.8) is 0 Å². The molecule has 0 saturated heterocycles. The monoisotopic (exact) mass is 314 g/mol. The zero-order valence-corrected chi connectivity index (χ0v) is 13.6. The van der Waals surface area contributed by atoms with Crippen molar-refractivity contribution in [2.75, 3.05) is 19.0 Å². The van der Waals surface area contributed by atoms with E-state index in [1.807, 2.05) is 44.2 Å². The normalized spacial score (nSPS) is 11.4. The second-order valence-corrected chi connectivity index (χ2v) is 5.03. The summed E-state index contributed by atoms with van der Waals surface area (Å²) in [6, 6.07) is 14.7. The van der Waals surface area contributed by atoms with Crippen molar-refractivity contribution in [1.29, 1.82) is 0 Å². The average Bonchev–Trinajstić information content (AvgIpc) is 2.57. The van der Waals surface area contributed by atoms with Crippen LogP contribution in [0.15, 0.2) is 48.5 Å². The molecule has 0 aromatic heterocycles. The highest BCUT2D eigenvalue weighted by Gasteiger charge is 2.11. The minimum absolute atomic E-state index is 0.0826. The molecule has 1 atom stereocenters. The SMILES string of the molecule is CCOc1ccc(NC(=O)N[C@@H](C)c2ccccc2)cc1OC. The number of amides is 2. The number of ether oxygens (including phenoxy) is 2. The molecule has 0 aliphatic carbocycles. The topological polar surface area (TPSA) is 59.6 Å². The zero-order chi connectivity index (χ0) is 16.7. The molecule has 2 amide bonds. The summed E-state index contributed by atoms with van der Waals surface area (Å²) in [6.45, 7) is 4.40. The number of urea groups is 1. The molecule has 0 saturated carbocycles. The van der Waals surface area contributed by atoms with Crippen LogP contribution in [0, 0.1) is 0 Å². The van der Waals surface area contributed by atoms with Crippen LogP contribution in [0.25, 0.3) is 0 Å². The molecule has 2 aromatic rings. The molecular formula is C18H22N2O3. The number of hydrogen-bond donors (Lipinski definition) is 2. The fourth-order valence-electron chi connectivity index (χ4n) is 2.21. The van der Waals surface area contributed by atoms with Gasteiger partial charge in [0.15, 0.2) is 11.5 Å². The van der Waals surface area contributed by atoms with Gasteiger partial charge < -0.3 is 20.1 Å². The lowest BCUT2D eigenvalue weighted by molar-refractivity contribution is 0.249. The third kappa shape index (κ3) is 4.64. The maximum atomic E-state index is 12.1. The first kappa shape index (κ1) is 16.7. The Morgan fingerprint density at radius 1 is 1.13 bits per heavy atom. The van der Waals surface area contributed by atoms with Crippen LogP contribution in [0.1, 0.15) is 25.5 Å². The minimum Gasteiger partial charge on any atom is -0.493 e. The summed E-state index contributed by atoms with van der Waals surface area (Å²) >= 11 is 0. The number of rotatable bonds is 6. The van der Waals surface area contributed by atoms with E-state index in [0.29, 0.717) is 23.8 Å². The number of anilines is 1. The Bertz CT molecular complexity index is 644. The van der Waals surface area contributed by atoms with Gasteiger partial charge in [0.1, 0.15) is 0 Å². The van der Waals surface area contributed by atoms with Crippen molar-refractivity contribution >= 4 is 11.7 Å². The first-order valence-corrected chi connectivity index (χ1v) is 7.57. The summed E-state index contributed by atoms with van der Waals surface area (Å²) in [5, 5.41) is 5.70. The van der Waals surface area contributed by atoms with Gasteiger partial charge in [0.2, 0.25) is 0 Å². The van der Waals surface area contributed by atoms with Crippen molar-refractivity contribution in [2.45, 2.75) is 19.9 Å². The Labute approximate surface area is 136 Å². The fraction of sp³-hybridized carbons (Fsp3) is 0.278. The van der Waals surface area contributed by atoms with Crippen molar-refractivity contribution in [3.8, 4) is 11.5 Å². The van der Waals surface area contributed by atoms with Gasteiger partial charge in [-0.3, -0.25) is 0 Å². The molecule has 0 fully saturated rings. The Kier molecular flexibility index (Phi) is 5.86. The van der Waals surface area contributed by atoms with E-state index in [2.05, 4.69) is 10.6 Å². The van der Waals surface area contributed by atoms with Crippen LogP contribution in [0.2, 0.25) is 0 Å². The number of methoxy groups -OCH3 is 1. The highest BCUT2D eigenvalue weighted by atomic mass is 16.5. The molecule has 2 rings (SSSR count). The first-order valence-electron chi connectivity index (χ1n) is 7.57. The van der Waals surface area contributed by atoms with Crippen LogP contribution in [0.3, 0.4) is 0 Å². The van der Waals surface area contributed by atoms with Crippen LogP contribution in [-0.4, -0.2) is 19.7 Å². The zero-order valence-electron chi connectivity index (χ0n) is 13.6. The number of carbonyl (C=O) groups excluding carboxylic acids is 1. The van der Waals surface area contributed by atoms with Gasteiger partial charge in [-0.1, -0.05) is 30.3 Å². The molecule has 0 aliphatic rings. The van der Waals surface area contributed by atoms with Crippen LogP contribution in [0.4, 0.5) is 10.5 Å². The third-order valence-electron chi connectivity index (χ3n) is 3.37. The van der Waals surface area contributed by atoms with Crippen LogP contribution < -0.4 is 20.1 Å². The lowest BCUT2D eigenvalue weighted by Gasteiger charge is -2.16. The van der Waals surface area contributed by atoms with E-state index in [1.165, 1.54) is 0 Å². The van der Waals surface area contributed by atoms with Crippen LogP contribution in [-0.2, 0) is 0 Å². The Balaban J connectivity index is 2.00. The molecule has 2 N–H and O–H groups in total. The standard InChI is InChI=1S/C18H22N2O3/c1-4-23-16-11-10-15(12-17(16)22-3)20-18(21)19-13(2)14-8-6-5-7-9-14/h5-13H,4H2,1-3H3,(H2,19,20,21)/t13-/m0/s1. The van der Waals surface area contributed by atoms with E-state index in [-0.39, 0.29) is 12.1 Å². The fourth-order valence-corrected chi connectivity index (χ4v) is 2.21. The van der Waals surface area contributed by atoms with Gasteiger partial charge in [-0.15, -0.1) is 0 Å². The minimum atomic E-state index is -0.271. The summed E-state index contributed by atoms with van der Waals surface area (Å²) < 4.78 is 10.7. The van der Waals surface area contributed by atoms with Gasteiger partial charge >= 0.3 is 6.03 Å². The van der Waals surface area contributed by atoms with Gasteiger partial charge in [0.05, 0.1) is 19.8 Å². The lowest BCUT2D eigenvalue weighted by atomic mass is 10.1. The number of hydrogen-bond acceptors (Lipinski definition) is 3. The summed E-state index contributed by atoms with van der Waals surface area (Å²) in [5.74, 6) is 1.24. The second kappa shape index (κ2) is 8.08. The molecule has 5 nitrogen and oxygen atoms in total. The Hall–Kier alpha value is -2.69. The lowest BCUT2D eigenvalue weighted by Crippen LogP contribution is -2.31. The highest BCUT2D eigenvalue weighted by molar-refractivity contribution is 5.89. The Morgan fingerprint density at radius 3 is 2.52 bits per heavy atom. The number of nitrogens with one attached hydrogen (secondary N) is 2. The van der Waals surface area contributed by atoms with E-state index in [0.717, 1.165) is 5.56 Å². The molecule has 0 spiro atoms. The summed E-state index contributed by atoms with van der Waals surface area (Å²) in [7, 11) is 1.57. The van der Waals surface area contributed by atoms with Gasteiger partial charge in [-0.2, -0.15) is 0 Å². The van der Waals surface area contributed by atoms with Crippen LogP contribution >= 0.6 is 0 Å².